The molecule has 3 aromatic carbocycles. The fraction of sp³-hybridized carbons (Fsp3) is 0.333. The minimum atomic E-state index is -4.58. The minimum absolute atomic E-state index is 0.00164. The molecule has 4 N–H and O–H groups in total. The molecule has 1 saturated carbocycles. The van der Waals surface area contributed by atoms with Gasteiger partial charge in [0.2, 0.25) is 0 Å². The molecule has 1 heterocycles. The molecular formula is C30H32N3O8S-. The predicted molar refractivity (Wildman–Crippen MR) is 150 cm³/mol. The van der Waals surface area contributed by atoms with Gasteiger partial charge in [-0.3, -0.25) is 4.72 Å². The van der Waals surface area contributed by atoms with E-state index in [1.807, 2.05) is 32.0 Å². The Morgan fingerprint density at radius 2 is 1.81 bits per heavy atom. The number of benzene rings is 3. The lowest BCUT2D eigenvalue weighted by atomic mass is 10.0. The second-order valence-corrected chi connectivity index (χ2v) is 12.7. The van der Waals surface area contributed by atoms with E-state index in [0.29, 0.717) is 0 Å². The lowest BCUT2D eigenvalue weighted by molar-refractivity contribution is -0.934. The van der Waals surface area contributed by atoms with Crippen molar-refractivity contribution < 1.29 is 43.0 Å². The number of hydrogen-bond acceptors (Lipinski definition) is 8. The Hall–Kier alpha value is -4.13. The number of likely N-dealkylation sites (tertiary alicyclic amines) is 1. The third-order valence-corrected chi connectivity index (χ3v) is 9.27. The number of carbonyl (C=O) groups is 2. The second-order valence-electron chi connectivity index (χ2n) is 11.0. The van der Waals surface area contributed by atoms with Gasteiger partial charge in [-0.2, -0.15) is 0 Å². The molecule has 0 radical (unpaired) electrons. The lowest BCUT2D eigenvalue weighted by Gasteiger charge is -2.32. The van der Waals surface area contributed by atoms with Gasteiger partial charge in [0.15, 0.2) is 0 Å². The number of fused-ring (bicyclic) bond motifs is 2. The van der Waals surface area contributed by atoms with Crippen LogP contribution in [0.2, 0.25) is 0 Å². The van der Waals surface area contributed by atoms with Gasteiger partial charge in [-0.25, -0.2) is 13.2 Å². The first-order valence-electron chi connectivity index (χ1n) is 13.7. The van der Waals surface area contributed by atoms with Crippen molar-refractivity contribution in [2.75, 3.05) is 16.6 Å². The van der Waals surface area contributed by atoms with Gasteiger partial charge >= 0.3 is 5.97 Å². The van der Waals surface area contributed by atoms with E-state index in [4.69, 9.17) is 9.84 Å². The summed E-state index contributed by atoms with van der Waals surface area (Å²) in [5.41, 5.74) is -0.0143. The van der Waals surface area contributed by atoms with E-state index in [9.17, 15) is 28.2 Å². The van der Waals surface area contributed by atoms with Crippen molar-refractivity contribution in [3.8, 4) is 5.75 Å². The summed E-state index contributed by atoms with van der Waals surface area (Å²) in [7, 11) is -4.58. The van der Waals surface area contributed by atoms with Crippen LogP contribution < -0.4 is 25.2 Å². The Balaban J connectivity index is 1.45. The van der Waals surface area contributed by atoms with Crippen LogP contribution in [0.4, 0.5) is 11.4 Å². The van der Waals surface area contributed by atoms with E-state index in [0.717, 1.165) is 43.8 Å². The molecule has 0 amide bonds. The van der Waals surface area contributed by atoms with Crippen LogP contribution in [0.25, 0.3) is 0 Å². The third kappa shape index (κ3) is 5.91. The largest absolute Gasteiger partial charge is 0.871 e. The number of aromatic carboxylic acids is 2. The summed E-state index contributed by atoms with van der Waals surface area (Å²) >= 11 is 0. The summed E-state index contributed by atoms with van der Waals surface area (Å²) in [6.45, 7) is 5.56. The maximum Gasteiger partial charge on any atom is 0.335 e. The summed E-state index contributed by atoms with van der Waals surface area (Å²) in [6, 6.07) is 16.8. The lowest BCUT2D eigenvalue weighted by Crippen LogP contribution is -3.15. The highest BCUT2D eigenvalue weighted by molar-refractivity contribution is 7.92. The molecule has 12 heteroatoms. The van der Waals surface area contributed by atoms with Crippen molar-refractivity contribution in [1.82, 2.24) is 0 Å². The number of hydrogen-bond donors (Lipinski definition) is 4. The van der Waals surface area contributed by atoms with Crippen molar-refractivity contribution >= 4 is 33.3 Å². The Bertz CT molecular complexity index is 1600. The number of carboxylic acid groups (broad SMARTS) is 2. The number of sulfonamides is 1. The van der Waals surface area contributed by atoms with Gasteiger partial charge < -0.3 is 35.1 Å². The zero-order valence-corrected chi connectivity index (χ0v) is 23.9. The minimum Gasteiger partial charge on any atom is -0.871 e. The maximum atomic E-state index is 13.3. The fourth-order valence-electron chi connectivity index (χ4n) is 6.27. The van der Waals surface area contributed by atoms with E-state index in [1.54, 1.807) is 0 Å². The SMILES string of the molecule is CC(C)OC1CC2C[NH+](Cc3ccccc3)C1C2Nc1cccc(S(=O)(=O)Nc2ccc(C(=O)O)cc2[O-])c1C(=O)[O-]. The Morgan fingerprint density at radius 1 is 1.07 bits per heavy atom. The maximum absolute atomic E-state index is 13.3. The molecule has 0 spiro atoms. The monoisotopic (exact) mass is 594 g/mol. The number of nitrogens with one attached hydrogen (secondary N) is 3. The van der Waals surface area contributed by atoms with Gasteiger partial charge in [0.25, 0.3) is 10.0 Å². The molecule has 1 aliphatic heterocycles. The number of anilines is 2. The van der Waals surface area contributed by atoms with Crippen molar-refractivity contribution in [2.45, 2.75) is 56.0 Å². The summed E-state index contributed by atoms with van der Waals surface area (Å²) in [5.74, 6) is -3.76. The molecule has 5 unspecified atom stereocenters. The first-order valence-corrected chi connectivity index (χ1v) is 15.1. The summed E-state index contributed by atoms with van der Waals surface area (Å²) in [6.07, 6.45) is 0.725. The van der Waals surface area contributed by atoms with E-state index in [1.165, 1.54) is 22.6 Å². The fourth-order valence-corrected chi connectivity index (χ4v) is 7.55. The molecule has 1 saturated heterocycles. The van der Waals surface area contributed by atoms with Crippen LogP contribution in [-0.4, -0.2) is 56.3 Å². The predicted octanol–water partition coefficient (Wildman–Crippen LogP) is 0.684. The highest BCUT2D eigenvalue weighted by atomic mass is 32.2. The van der Waals surface area contributed by atoms with Gasteiger partial charge in [0.05, 0.1) is 35.1 Å². The van der Waals surface area contributed by atoms with Gasteiger partial charge in [-0.1, -0.05) is 48.2 Å². The third-order valence-electron chi connectivity index (χ3n) is 7.86. The number of piperidine rings is 1. The van der Waals surface area contributed by atoms with E-state index >= 15 is 0 Å². The average Bonchev–Trinajstić information content (AvgIpc) is 3.41. The normalized spacial score (nSPS) is 23.2. The Labute approximate surface area is 243 Å². The van der Waals surface area contributed by atoms with Crippen molar-refractivity contribution in [1.29, 1.82) is 0 Å². The highest BCUT2D eigenvalue weighted by Crippen LogP contribution is 2.36. The van der Waals surface area contributed by atoms with Gasteiger partial charge in [0.1, 0.15) is 18.7 Å². The Kier molecular flexibility index (Phi) is 8.13. The summed E-state index contributed by atoms with van der Waals surface area (Å²) in [4.78, 5) is 24.3. The molecular weight excluding hydrogens is 562 g/mol. The van der Waals surface area contributed by atoms with E-state index in [-0.39, 0.29) is 41.5 Å². The van der Waals surface area contributed by atoms with Crippen LogP contribution in [-0.2, 0) is 21.3 Å². The first-order chi connectivity index (χ1) is 19.9. The molecule has 5 atom stereocenters. The molecule has 3 aromatic rings. The van der Waals surface area contributed by atoms with Crippen LogP contribution in [0, 0.1) is 5.92 Å². The molecule has 2 bridgehead atoms. The molecule has 0 aromatic heterocycles. The smallest absolute Gasteiger partial charge is 0.335 e. The number of quaternary nitrogens is 1. The molecule has 222 valence electrons. The van der Waals surface area contributed by atoms with Crippen molar-refractivity contribution in [3.05, 3.63) is 83.4 Å². The van der Waals surface area contributed by atoms with Gasteiger partial charge in [-0.15, -0.1) is 0 Å². The van der Waals surface area contributed by atoms with Gasteiger partial charge in [-0.05, 0) is 44.5 Å². The average molecular weight is 595 g/mol. The summed E-state index contributed by atoms with van der Waals surface area (Å²) < 4.78 is 35.1. The van der Waals surface area contributed by atoms with Gasteiger partial charge in [0, 0.05) is 28.4 Å². The topological polar surface area (TPSA) is 172 Å². The molecule has 2 aliphatic rings. The highest BCUT2D eigenvalue weighted by Gasteiger charge is 2.57. The number of carbonyl (C=O) groups excluding carboxylic acids is 1. The second kappa shape index (κ2) is 11.6. The quantitative estimate of drug-likeness (QED) is 0.249. The van der Waals surface area contributed by atoms with Crippen LogP contribution in [0.3, 0.4) is 0 Å². The zero-order chi connectivity index (χ0) is 30.2. The number of carboxylic acids is 2. The zero-order valence-electron chi connectivity index (χ0n) is 23.1. The Morgan fingerprint density at radius 3 is 2.45 bits per heavy atom. The number of ether oxygens (including phenoxy) is 1. The molecule has 2 fully saturated rings. The summed E-state index contributed by atoms with van der Waals surface area (Å²) in [5, 5.41) is 37.2. The standard InChI is InChI=1S/C30H33N3O8S/c1-17(2)41-24-14-20-16-33(15-18-7-4-3-5-8-18)28(24)27(20)31-22-9-6-10-25(26(22)30(37)38)42(39,40)32-21-12-11-19(29(35)36)13-23(21)34/h3-13,17,20,24,27-28,31-32,34H,14-16H2,1-2H3,(H,35,36)(H,37,38)/p-1. The van der Waals surface area contributed by atoms with Crippen LogP contribution in [0.1, 0.15) is 46.5 Å². The van der Waals surface area contributed by atoms with Crippen LogP contribution in [0.5, 0.6) is 5.75 Å². The van der Waals surface area contributed by atoms with Crippen LogP contribution >= 0.6 is 0 Å². The molecule has 5 rings (SSSR count). The molecule has 1 aliphatic carbocycles. The molecule has 42 heavy (non-hydrogen) atoms. The number of rotatable bonds is 11. The van der Waals surface area contributed by atoms with Crippen molar-refractivity contribution in [3.63, 3.8) is 0 Å². The molecule has 11 nitrogen and oxygen atoms in total. The van der Waals surface area contributed by atoms with Crippen LogP contribution in [0.15, 0.2) is 71.6 Å². The van der Waals surface area contributed by atoms with Crippen molar-refractivity contribution in [2.24, 2.45) is 5.92 Å². The first kappa shape index (κ1) is 29.4. The van der Waals surface area contributed by atoms with E-state index < -0.39 is 43.9 Å². The van der Waals surface area contributed by atoms with E-state index in [2.05, 4.69) is 22.2 Å².